The van der Waals surface area contributed by atoms with Crippen molar-refractivity contribution in [2.45, 2.75) is 38.6 Å². The van der Waals surface area contributed by atoms with Crippen LogP contribution in [-0.4, -0.2) is 21.5 Å². The maximum atomic E-state index is 12.5. The molecular weight excluding hydrogens is 352 g/mol. The van der Waals surface area contributed by atoms with Gasteiger partial charge < -0.3 is 5.32 Å². The third-order valence-corrected chi connectivity index (χ3v) is 6.52. The number of hydrogen-bond donors (Lipinski definition) is 2. The van der Waals surface area contributed by atoms with E-state index in [1.165, 1.54) is 0 Å². The van der Waals surface area contributed by atoms with Gasteiger partial charge in [-0.15, -0.1) is 0 Å². The Morgan fingerprint density at radius 2 is 2.05 bits per heavy atom. The van der Waals surface area contributed by atoms with Crippen LogP contribution in [0.15, 0.2) is 27.6 Å². The molecule has 1 unspecified atom stereocenters. The standard InChI is InChI=1S/C15H23BrN2O2S/c1-4-17-9-11-5-6-13(16)14(7-11)21(19,20)18-10-12-8-15(12,2)3/h5-7,12,17-18H,4,8-10H2,1-3H3. The molecule has 0 aromatic heterocycles. The molecule has 1 atom stereocenters. The van der Waals surface area contributed by atoms with Crippen molar-refractivity contribution in [1.29, 1.82) is 0 Å². The minimum Gasteiger partial charge on any atom is -0.313 e. The molecule has 6 heteroatoms. The van der Waals surface area contributed by atoms with E-state index in [2.05, 4.69) is 39.8 Å². The molecule has 0 heterocycles. The summed E-state index contributed by atoms with van der Waals surface area (Å²) in [6.07, 6.45) is 1.08. The first-order chi connectivity index (χ1) is 9.76. The second-order valence-corrected chi connectivity index (χ2v) is 8.88. The first-order valence-corrected chi connectivity index (χ1v) is 9.52. The van der Waals surface area contributed by atoms with Crippen LogP contribution in [-0.2, 0) is 16.6 Å². The molecule has 1 aliphatic carbocycles. The van der Waals surface area contributed by atoms with Crippen LogP contribution < -0.4 is 10.0 Å². The lowest BCUT2D eigenvalue weighted by Crippen LogP contribution is -2.27. The number of hydrogen-bond acceptors (Lipinski definition) is 3. The molecule has 2 rings (SSSR count). The highest BCUT2D eigenvalue weighted by molar-refractivity contribution is 9.10. The van der Waals surface area contributed by atoms with Crippen molar-refractivity contribution in [1.82, 2.24) is 10.0 Å². The van der Waals surface area contributed by atoms with Crippen LogP contribution >= 0.6 is 15.9 Å². The van der Waals surface area contributed by atoms with Crippen molar-refractivity contribution in [3.05, 3.63) is 28.2 Å². The lowest BCUT2D eigenvalue weighted by atomic mass is 10.1. The topological polar surface area (TPSA) is 58.2 Å². The van der Waals surface area contributed by atoms with E-state index in [1.807, 2.05) is 13.0 Å². The summed E-state index contributed by atoms with van der Waals surface area (Å²) in [5.41, 5.74) is 1.24. The summed E-state index contributed by atoms with van der Waals surface area (Å²) in [6.45, 7) is 8.39. The van der Waals surface area contributed by atoms with Gasteiger partial charge in [0.25, 0.3) is 0 Å². The number of rotatable bonds is 7. The Balaban J connectivity index is 2.11. The summed E-state index contributed by atoms with van der Waals surface area (Å²) < 4.78 is 28.3. The highest BCUT2D eigenvalue weighted by Crippen LogP contribution is 2.51. The Kier molecular flexibility index (Phi) is 5.13. The molecule has 1 fully saturated rings. The van der Waals surface area contributed by atoms with Crippen molar-refractivity contribution in [2.75, 3.05) is 13.1 Å². The van der Waals surface area contributed by atoms with E-state index < -0.39 is 10.0 Å². The summed E-state index contributed by atoms with van der Waals surface area (Å²) in [5.74, 6) is 0.441. The van der Waals surface area contributed by atoms with E-state index in [9.17, 15) is 8.42 Å². The van der Waals surface area contributed by atoms with Crippen molar-refractivity contribution < 1.29 is 8.42 Å². The highest BCUT2D eigenvalue weighted by atomic mass is 79.9. The largest absolute Gasteiger partial charge is 0.313 e. The number of sulfonamides is 1. The maximum Gasteiger partial charge on any atom is 0.241 e. The fourth-order valence-electron chi connectivity index (χ4n) is 2.35. The molecule has 4 nitrogen and oxygen atoms in total. The minimum absolute atomic E-state index is 0.270. The Morgan fingerprint density at radius 1 is 1.38 bits per heavy atom. The molecule has 0 aliphatic heterocycles. The summed E-state index contributed by atoms with van der Waals surface area (Å²) >= 11 is 3.34. The lowest BCUT2D eigenvalue weighted by Gasteiger charge is -2.11. The van der Waals surface area contributed by atoms with E-state index in [0.29, 0.717) is 28.4 Å². The molecule has 2 N–H and O–H groups in total. The number of nitrogens with one attached hydrogen (secondary N) is 2. The van der Waals surface area contributed by atoms with Gasteiger partial charge in [-0.3, -0.25) is 0 Å². The summed E-state index contributed by atoms with van der Waals surface area (Å²) in [6, 6.07) is 5.45. The van der Waals surface area contributed by atoms with Crippen LogP contribution in [0.5, 0.6) is 0 Å². The second-order valence-electron chi connectivity index (χ2n) is 6.29. The van der Waals surface area contributed by atoms with Gasteiger partial charge in [-0.1, -0.05) is 26.8 Å². The first kappa shape index (κ1) is 16.9. The molecule has 21 heavy (non-hydrogen) atoms. The third-order valence-electron chi connectivity index (χ3n) is 4.10. The lowest BCUT2D eigenvalue weighted by molar-refractivity contribution is 0.537. The molecule has 1 aromatic rings. The fourth-order valence-corrected chi connectivity index (χ4v) is 4.44. The van der Waals surface area contributed by atoms with Crippen molar-refractivity contribution in [3.63, 3.8) is 0 Å². The monoisotopic (exact) mass is 374 g/mol. The van der Waals surface area contributed by atoms with Crippen LogP contribution in [0.3, 0.4) is 0 Å². The van der Waals surface area contributed by atoms with E-state index in [0.717, 1.165) is 18.5 Å². The zero-order valence-corrected chi connectivity index (χ0v) is 15.1. The van der Waals surface area contributed by atoms with Gasteiger partial charge in [-0.2, -0.15) is 0 Å². The number of benzene rings is 1. The van der Waals surface area contributed by atoms with Gasteiger partial charge in [0.1, 0.15) is 0 Å². The molecular formula is C15H23BrN2O2S. The predicted octanol–water partition coefficient (Wildman–Crippen LogP) is 2.88. The van der Waals surface area contributed by atoms with Crippen LogP contribution in [0.1, 0.15) is 32.8 Å². The van der Waals surface area contributed by atoms with Gasteiger partial charge in [0, 0.05) is 17.6 Å². The zero-order chi connectivity index (χ0) is 15.7. The van der Waals surface area contributed by atoms with Gasteiger partial charge in [0.15, 0.2) is 0 Å². The van der Waals surface area contributed by atoms with Gasteiger partial charge in [-0.25, -0.2) is 13.1 Å². The van der Waals surface area contributed by atoms with Crippen LogP contribution in [0.4, 0.5) is 0 Å². The molecule has 0 saturated heterocycles. The van der Waals surface area contributed by atoms with Crippen molar-refractivity contribution >= 4 is 26.0 Å². The summed E-state index contributed by atoms with van der Waals surface area (Å²) in [7, 11) is -3.47. The van der Waals surface area contributed by atoms with Gasteiger partial charge in [0.2, 0.25) is 10.0 Å². The molecule has 118 valence electrons. The van der Waals surface area contributed by atoms with Crippen LogP contribution in [0.25, 0.3) is 0 Å². The first-order valence-electron chi connectivity index (χ1n) is 7.25. The van der Waals surface area contributed by atoms with Crippen LogP contribution in [0.2, 0.25) is 0 Å². The molecule has 1 saturated carbocycles. The normalized spacial score (nSPS) is 20.5. The van der Waals surface area contributed by atoms with E-state index in [1.54, 1.807) is 12.1 Å². The smallest absolute Gasteiger partial charge is 0.241 e. The molecule has 0 bridgehead atoms. The molecule has 0 radical (unpaired) electrons. The van der Waals surface area contributed by atoms with E-state index in [4.69, 9.17) is 0 Å². The Hall–Kier alpha value is -0.430. The average molecular weight is 375 g/mol. The fraction of sp³-hybridized carbons (Fsp3) is 0.600. The highest BCUT2D eigenvalue weighted by Gasteiger charge is 2.45. The Bertz CT molecular complexity index is 614. The summed E-state index contributed by atoms with van der Waals surface area (Å²) in [5, 5.41) is 3.20. The maximum absolute atomic E-state index is 12.5. The third kappa shape index (κ3) is 4.28. The van der Waals surface area contributed by atoms with Gasteiger partial charge in [-0.05, 0) is 57.9 Å². The van der Waals surface area contributed by atoms with Gasteiger partial charge in [0.05, 0.1) is 4.90 Å². The number of halogens is 1. The van der Waals surface area contributed by atoms with Crippen molar-refractivity contribution in [2.24, 2.45) is 11.3 Å². The quantitative estimate of drug-likeness (QED) is 0.771. The molecule has 0 amide bonds. The predicted molar refractivity (Wildman–Crippen MR) is 88.6 cm³/mol. The Morgan fingerprint density at radius 3 is 2.62 bits per heavy atom. The summed E-state index contributed by atoms with van der Waals surface area (Å²) in [4.78, 5) is 0.316. The molecule has 0 spiro atoms. The molecule has 1 aromatic carbocycles. The van der Waals surface area contributed by atoms with Crippen molar-refractivity contribution in [3.8, 4) is 0 Å². The van der Waals surface area contributed by atoms with Crippen LogP contribution in [0, 0.1) is 11.3 Å². The average Bonchev–Trinajstić information content (AvgIpc) is 3.03. The zero-order valence-electron chi connectivity index (χ0n) is 12.7. The SMILES string of the molecule is CCNCc1ccc(Br)c(S(=O)(=O)NCC2CC2(C)C)c1. The minimum atomic E-state index is -3.47. The Labute approximate surface area is 135 Å². The van der Waals surface area contributed by atoms with E-state index in [-0.39, 0.29) is 5.41 Å². The van der Waals surface area contributed by atoms with E-state index >= 15 is 0 Å². The van der Waals surface area contributed by atoms with Gasteiger partial charge >= 0.3 is 0 Å². The molecule has 1 aliphatic rings. The second kappa shape index (κ2) is 6.36.